The Bertz CT molecular complexity index is 1620. The van der Waals surface area contributed by atoms with Crippen LogP contribution in [0.5, 0.6) is 0 Å². The average Bonchev–Trinajstić information content (AvgIpc) is 3.42. The van der Waals surface area contributed by atoms with E-state index in [1.165, 1.54) is 122 Å². The summed E-state index contributed by atoms with van der Waals surface area (Å²) in [6.45, 7) is 5.83. The molecule has 12 heteroatoms. The highest BCUT2D eigenvalue weighted by molar-refractivity contribution is 5.74. The lowest BCUT2D eigenvalue weighted by molar-refractivity contribution is -0.301. The van der Waals surface area contributed by atoms with Gasteiger partial charge < -0.3 is 39.0 Å². The van der Waals surface area contributed by atoms with Crippen molar-refractivity contribution in [2.45, 2.75) is 302 Å². The van der Waals surface area contributed by atoms with Crippen molar-refractivity contribution in [1.29, 1.82) is 0 Å². The summed E-state index contributed by atoms with van der Waals surface area (Å²) in [5.74, 6) is -3.21. The summed E-state index contributed by atoms with van der Waals surface area (Å²) in [4.78, 5) is 51.1. The molecule has 0 aromatic carbocycles. The van der Waals surface area contributed by atoms with E-state index in [-0.39, 0.29) is 25.9 Å². The van der Waals surface area contributed by atoms with Crippen LogP contribution in [0.4, 0.5) is 0 Å². The van der Waals surface area contributed by atoms with Crippen molar-refractivity contribution in [2.75, 3.05) is 13.2 Å². The summed E-state index contributed by atoms with van der Waals surface area (Å²) in [7, 11) is 0. The number of carboxylic acid groups (broad SMARTS) is 1. The second kappa shape index (κ2) is 52.8. The molecule has 0 amide bonds. The molecule has 0 radical (unpaired) electrons. The smallest absolute Gasteiger partial charge is 0.335 e. The third-order valence-corrected chi connectivity index (χ3v) is 13.8. The molecule has 12 nitrogen and oxygen atoms in total. The molecule has 1 aliphatic heterocycles. The van der Waals surface area contributed by atoms with Gasteiger partial charge in [-0.25, -0.2) is 4.79 Å². The highest BCUT2D eigenvalue weighted by atomic mass is 16.7. The Labute approximate surface area is 468 Å². The molecule has 1 aliphatic rings. The Morgan fingerprint density at radius 3 is 1.22 bits per heavy atom. The van der Waals surface area contributed by atoms with Crippen molar-refractivity contribution in [1.82, 2.24) is 0 Å². The number of esters is 3. The Hall–Kier alpha value is -3.84. The Morgan fingerprint density at radius 2 is 0.818 bits per heavy atom. The van der Waals surface area contributed by atoms with E-state index in [2.05, 4.69) is 81.5 Å². The minimum Gasteiger partial charge on any atom is -0.479 e. The van der Waals surface area contributed by atoms with E-state index >= 15 is 0 Å². The van der Waals surface area contributed by atoms with Crippen molar-refractivity contribution in [2.24, 2.45) is 0 Å². The van der Waals surface area contributed by atoms with E-state index in [4.69, 9.17) is 23.7 Å². The predicted molar refractivity (Wildman–Crippen MR) is 312 cm³/mol. The SMILES string of the molecule is CC/C=C\C/C=C\C/C=C\C/C=C\C/C=C\C/C=C\CCC(=O)OCC(COC1OC(C(=O)O)C(O)C(O)C1OC(=O)CCCCCCCCCCCCCCCCC)OC(=O)CCCCCCCCCCCCCCC. The van der Waals surface area contributed by atoms with Gasteiger partial charge in [0.15, 0.2) is 24.6 Å². The van der Waals surface area contributed by atoms with E-state index in [9.17, 15) is 34.5 Å². The zero-order chi connectivity index (χ0) is 56.1. The van der Waals surface area contributed by atoms with Gasteiger partial charge in [0.25, 0.3) is 0 Å². The van der Waals surface area contributed by atoms with Crippen molar-refractivity contribution in [3.63, 3.8) is 0 Å². The number of carbonyl (C=O) groups is 4. The fraction of sp³-hybridized carbons (Fsp3) is 0.754. The number of aliphatic carboxylic acids is 1. The number of allylic oxidation sites excluding steroid dienone is 12. The molecule has 1 saturated heterocycles. The first-order chi connectivity index (χ1) is 37.6. The van der Waals surface area contributed by atoms with Crippen LogP contribution in [-0.2, 0) is 42.9 Å². The van der Waals surface area contributed by atoms with Gasteiger partial charge in [0.1, 0.15) is 18.8 Å². The highest BCUT2D eigenvalue weighted by Crippen LogP contribution is 2.26. The second-order valence-corrected chi connectivity index (χ2v) is 21.0. The summed E-state index contributed by atoms with van der Waals surface area (Å²) < 4.78 is 28.4. The molecule has 3 N–H and O–H groups in total. The van der Waals surface area contributed by atoms with Gasteiger partial charge in [0, 0.05) is 19.3 Å². The Kier molecular flexibility index (Phi) is 48.8. The first-order valence-electron chi connectivity index (χ1n) is 30.9. The molecular weight excluding hydrogens is 973 g/mol. The lowest BCUT2D eigenvalue weighted by Crippen LogP contribution is -2.61. The number of ether oxygens (including phenoxy) is 5. The summed E-state index contributed by atoms with van der Waals surface area (Å²) >= 11 is 0. The standard InChI is InChI=1S/C65H110O12/c1-4-7-10-13-16-19-22-25-27-28-29-30-32-34-36-39-42-45-48-51-57(66)73-54-56(75-58(67)52-49-46-43-40-37-33-24-21-18-15-12-9-6-3)55-74-65-63(61(70)60(69)62(77-65)64(71)72)76-59(68)53-50-47-44-41-38-35-31-26-23-20-17-14-11-8-5-2/h7,10,16,19,25,27,29-30,34,36,42,45,56,60-63,65,69-70H,4-6,8-9,11-15,17-18,20-24,26,28,31-33,35,37-41,43-44,46-55H2,1-3H3,(H,71,72)/b10-7-,19-16-,27-25-,30-29-,36-34-,45-42-. The number of aliphatic hydroxyl groups excluding tert-OH is 2. The number of hydrogen-bond donors (Lipinski definition) is 3. The first-order valence-corrected chi connectivity index (χ1v) is 30.9. The van der Waals surface area contributed by atoms with Gasteiger partial charge >= 0.3 is 23.9 Å². The van der Waals surface area contributed by atoms with Crippen molar-refractivity contribution in [3.8, 4) is 0 Å². The predicted octanol–water partition coefficient (Wildman–Crippen LogP) is 16.1. The van der Waals surface area contributed by atoms with E-state index in [0.717, 1.165) is 83.5 Å². The van der Waals surface area contributed by atoms with Crippen LogP contribution >= 0.6 is 0 Å². The van der Waals surface area contributed by atoms with Crippen molar-refractivity contribution in [3.05, 3.63) is 72.9 Å². The number of hydrogen-bond acceptors (Lipinski definition) is 11. The number of carbonyl (C=O) groups excluding carboxylic acids is 3. The molecule has 77 heavy (non-hydrogen) atoms. The summed E-state index contributed by atoms with van der Waals surface area (Å²) in [5.41, 5.74) is 0. The van der Waals surface area contributed by atoms with Crippen LogP contribution < -0.4 is 0 Å². The molecule has 442 valence electrons. The van der Waals surface area contributed by atoms with Crippen LogP contribution in [0.15, 0.2) is 72.9 Å². The van der Waals surface area contributed by atoms with Crippen LogP contribution in [0.25, 0.3) is 0 Å². The van der Waals surface area contributed by atoms with Gasteiger partial charge in [-0.3, -0.25) is 14.4 Å². The fourth-order valence-corrected chi connectivity index (χ4v) is 9.10. The zero-order valence-electron chi connectivity index (χ0n) is 48.7. The van der Waals surface area contributed by atoms with E-state index < -0.39 is 67.3 Å². The number of aliphatic hydroxyl groups is 2. The first kappa shape index (κ1) is 71.2. The Morgan fingerprint density at radius 1 is 0.442 bits per heavy atom. The minimum atomic E-state index is -1.91. The summed E-state index contributed by atoms with van der Waals surface area (Å²) in [5, 5.41) is 31.5. The largest absolute Gasteiger partial charge is 0.479 e. The average molecular weight is 1080 g/mol. The second-order valence-electron chi connectivity index (χ2n) is 21.0. The van der Waals surface area contributed by atoms with Crippen LogP contribution in [0, 0.1) is 0 Å². The molecular formula is C65H110O12. The van der Waals surface area contributed by atoms with Gasteiger partial charge in [-0.2, -0.15) is 0 Å². The third kappa shape index (κ3) is 42.7. The molecule has 0 aromatic heterocycles. The van der Waals surface area contributed by atoms with E-state index in [0.29, 0.717) is 19.3 Å². The maximum Gasteiger partial charge on any atom is 0.335 e. The quantitative estimate of drug-likeness (QED) is 0.0228. The topological polar surface area (TPSA) is 175 Å². The molecule has 1 fully saturated rings. The molecule has 6 atom stereocenters. The highest BCUT2D eigenvalue weighted by Gasteiger charge is 2.50. The summed E-state index contributed by atoms with van der Waals surface area (Å²) in [6, 6.07) is 0. The van der Waals surface area contributed by atoms with Gasteiger partial charge in [-0.1, -0.05) is 261 Å². The molecule has 0 bridgehead atoms. The number of rotatable bonds is 52. The monoisotopic (exact) mass is 1080 g/mol. The fourth-order valence-electron chi connectivity index (χ4n) is 9.10. The third-order valence-electron chi connectivity index (χ3n) is 13.8. The van der Waals surface area contributed by atoms with Gasteiger partial charge in [-0.05, 0) is 57.8 Å². The molecule has 0 aromatic rings. The molecule has 1 rings (SSSR count). The number of unbranched alkanes of at least 4 members (excludes halogenated alkanes) is 26. The van der Waals surface area contributed by atoms with Crippen molar-refractivity contribution >= 4 is 23.9 Å². The normalized spacial score (nSPS) is 18.5. The van der Waals surface area contributed by atoms with Gasteiger partial charge in [0.05, 0.1) is 6.61 Å². The molecule has 0 aliphatic carbocycles. The van der Waals surface area contributed by atoms with Gasteiger partial charge in [-0.15, -0.1) is 0 Å². The molecule has 0 saturated carbocycles. The lowest BCUT2D eigenvalue weighted by Gasteiger charge is -2.40. The minimum absolute atomic E-state index is 0.0562. The maximum absolute atomic E-state index is 13.1. The van der Waals surface area contributed by atoms with Crippen LogP contribution in [0.2, 0.25) is 0 Å². The van der Waals surface area contributed by atoms with Gasteiger partial charge in [0.2, 0.25) is 0 Å². The van der Waals surface area contributed by atoms with E-state index in [1.807, 2.05) is 12.2 Å². The molecule has 0 spiro atoms. The van der Waals surface area contributed by atoms with Crippen molar-refractivity contribution < 1.29 is 58.2 Å². The maximum atomic E-state index is 13.1. The molecule has 1 heterocycles. The lowest BCUT2D eigenvalue weighted by atomic mass is 9.98. The zero-order valence-corrected chi connectivity index (χ0v) is 48.7. The van der Waals surface area contributed by atoms with Crippen LogP contribution in [0.1, 0.15) is 265 Å². The Balaban J connectivity index is 2.71. The summed E-state index contributed by atoms with van der Waals surface area (Å²) in [6.07, 6.45) is 54.5. The van der Waals surface area contributed by atoms with E-state index in [1.54, 1.807) is 0 Å². The van der Waals surface area contributed by atoms with Crippen LogP contribution in [-0.4, -0.2) is 89.2 Å². The number of carboxylic acids is 1. The molecule has 6 unspecified atom stereocenters. The van der Waals surface area contributed by atoms with Crippen LogP contribution in [0.3, 0.4) is 0 Å².